The van der Waals surface area contributed by atoms with Crippen molar-refractivity contribution in [3.63, 3.8) is 0 Å². The summed E-state index contributed by atoms with van der Waals surface area (Å²) in [6.45, 7) is 0. The number of fused-ring (bicyclic) bond motifs is 2. The van der Waals surface area contributed by atoms with Crippen LogP contribution in [0.3, 0.4) is 0 Å². The van der Waals surface area contributed by atoms with E-state index in [1.165, 1.54) is 0 Å². The summed E-state index contributed by atoms with van der Waals surface area (Å²) in [7, 11) is 0. The molecule has 2 aromatic carbocycles. The van der Waals surface area contributed by atoms with E-state index in [9.17, 15) is 9.90 Å². The van der Waals surface area contributed by atoms with Crippen LogP contribution in [0.2, 0.25) is 0 Å². The minimum Gasteiger partial charge on any atom is -0.393 e. The van der Waals surface area contributed by atoms with Gasteiger partial charge in [-0.05, 0) is 49.3 Å². The Morgan fingerprint density at radius 3 is 2.68 bits per heavy atom. The van der Waals surface area contributed by atoms with E-state index in [-0.39, 0.29) is 29.6 Å². The van der Waals surface area contributed by atoms with Crippen LogP contribution in [0.4, 0.5) is 5.82 Å². The van der Waals surface area contributed by atoms with E-state index in [0.717, 1.165) is 34.7 Å². The molecule has 3 aromatic heterocycles. The lowest BCUT2D eigenvalue weighted by Crippen LogP contribution is -2.38. The number of aliphatic hydroxyl groups is 1. The number of pyridine rings is 2. The third kappa shape index (κ3) is 4.37. The molecule has 38 heavy (non-hydrogen) atoms. The molecule has 9 heteroatoms. The molecule has 1 fully saturated rings. The highest BCUT2D eigenvalue weighted by molar-refractivity contribution is 6.14. The lowest BCUT2D eigenvalue weighted by Gasteiger charge is -2.26. The van der Waals surface area contributed by atoms with Crippen molar-refractivity contribution in [2.24, 2.45) is 0 Å². The summed E-state index contributed by atoms with van der Waals surface area (Å²) >= 11 is 0. The molecule has 0 atom stereocenters. The first-order valence-corrected chi connectivity index (χ1v) is 12.6. The van der Waals surface area contributed by atoms with E-state index >= 15 is 0 Å². The number of amides is 1. The van der Waals surface area contributed by atoms with Gasteiger partial charge in [0.1, 0.15) is 17.0 Å². The molecule has 1 aliphatic carbocycles. The molecule has 190 valence electrons. The SMILES string of the molecule is N=C(c1nc2c(C(=O)NC3CCC(O)CC3)cccc2[nH]1)c1cc(-c2cncc3ccccc23)cnc1N. The fourth-order valence-corrected chi connectivity index (χ4v) is 5.11. The summed E-state index contributed by atoms with van der Waals surface area (Å²) < 4.78 is 0. The summed E-state index contributed by atoms with van der Waals surface area (Å²) in [6, 6.07) is 15.2. The number of hydrogen-bond donors (Lipinski definition) is 5. The largest absolute Gasteiger partial charge is 0.393 e. The lowest BCUT2D eigenvalue weighted by molar-refractivity contribution is 0.0869. The van der Waals surface area contributed by atoms with E-state index in [1.807, 2.05) is 42.6 Å². The zero-order chi connectivity index (χ0) is 26.2. The van der Waals surface area contributed by atoms with Gasteiger partial charge in [-0.25, -0.2) is 9.97 Å². The highest BCUT2D eigenvalue weighted by atomic mass is 16.3. The average Bonchev–Trinajstić information content (AvgIpc) is 3.38. The van der Waals surface area contributed by atoms with Crippen LogP contribution in [0.5, 0.6) is 0 Å². The van der Waals surface area contributed by atoms with E-state index in [1.54, 1.807) is 24.5 Å². The Labute approximate surface area is 218 Å². The normalized spacial score (nSPS) is 17.5. The van der Waals surface area contributed by atoms with Gasteiger partial charge in [0.2, 0.25) is 0 Å². The van der Waals surface area contributed by atoms with Crippen molar-refractivity contribution >= 4 is 39.2 Å². The Balaban J connectivity index is 1.33. The van der Waals surface area contributed by atoms with Crippen LogP contribution in [-0.4, -0.2) is 48.8 Å². The zero-order valence-corrected chi connectivity index (χ0v) is 20.6. The molecule has 6 rings (SSSR count). The molecule has 0 bridgehead atoms. The molecule has 0 radical (unpaired) electrons. The fourth-order valence-electron chi connectivity index (χ4n) is 5.11. The quantitative estimate of drug-likeness (QED) is 0.226. The Morgan fingerprint density at radius 1 is 1.03 bits per heavy atom. The molecule has 1 aliphatic rings. The Hall–Kier alpha value is -4.63. The summed E-state index contributed by atoms with van der Waals surface area (Å²) in [5.41, 5.74) is 9.98. The third-order valence-electron chi connectivity index (χ3n) is 7.19. The smallest absolute Gasteiger partial charge is 0.253 e. The zero-order valence-electron chi connectivity index (χ0n) is 20.6. The number of benzene rings is 2. The summed E-state index contributed by atoms with van der Waals surface area (Å²) in [6.07, 6.45) is 7.84. The van der Waals surface area contributed by atoms with E-state index in [4.69, 9.17) is 11.1 Å². The molecular weight excluding hydrogens is 478 g/mol. The maximum atomic E-state index is 13.1. The maximum absolute atomic E-state index is 13.1. The number of para-hydroxylation sites is 1. The van der Waals surface area contributed by atoms with E-state index < -0.39 is 0 Å². The van der Waals surface area contributed by atoms with Crippen LogP contribution < -0.4 is 11.1 Å². The number of aromatic nitrogens is 4. The highest BCUT2D eigenvalue weighted by Gasteiger charge is 2.23. The summed E-state index contributed by atoms with van der Waals surface area (Å²) in [4.78, 5) is 29.6. The van der Waals surface area contributed by atoms with Crippen molar-refractivity contribution in [2.75, 3.05) is 5.73 Å². The van der Waals surface area contributed by atoms with Gasteiger partial charge in [0.25, 0.3) is 5.91 Å². The highest BCUT2D eigenvalue weighted by Crippen LogP contribution is 2.30. The minimum atomic E-state index is -0.288. The number of aromatic amines is 1. The standard InChI is InChI=1S/C29H27N7O2/c30-25(22-12-17(14-33-27(22)31)23-15-32-13-16-4-1-2-5-20(16)23)28-35-24-7-3-6-21(26(24)36-28)29(38)34-18-8-10-19(37)11-9-18/h1-7,12-15,18-19,30,37H,8-11H2,(H2,31,33)(H,34,38)(H,35,36). The van der Waals surface area contributed by atoms with Crippen LogP contribution in [-0.2, 0) is 0 Å². The minimum absolute atomic E-state index is 0.0232. The number of hydrogen-bond acceptors (Lipinski definition) is 7. The lowest BCUT2D eigenvalue weighted by atomic mass is 9.93. The Bertz CT molecular complexity index is 1680. The molecule has 1 saturated carbocycles. The number of carbonyl (C=O) groups excluding carboxylic acids is 1. The Morgan fingerprint density at radius 2 is 1.84 bits per heavy atom. The predicted octanol–water partition coefficient (Wildman–Crippen LogP) is 4.20. The second kappa shape index (κ2) is 9.68. The second-order valence-corrected chi connectivity index (χ2v) is 9.71. The van der Waals surface area contributed by atoms with Gasteiger partial charge in [-0.1, -0.05) is 30.3 Å². The van der Waals surface area contributed by atoms with Gasteiger partial charge in [0.05, 0.1) is 17.2 Å². The van der Waals surface area contributed by atoms with Gasteiger partial charge >= 0.3 is 0 Å². The molecule has 0 unspecified atom stereocenters. The molecule has 0 aliphatic heterocycles. The maximum Gasteiger partial charge on any atom is 0.253 e. The predicted molar refractivity (Wildman–Crippen MR) is 147 cm³/mol. The number of anilines is 1. The van der Waals surface area contributed by atoms with Gasteiger partial charge < -0.3 is 21.1 Å². The summed E-state index contributed by atoms with van der Waals surface area (Å²) in [5, 5.41) is 23.8. The van der Waals surface area contributed by atoms with Crippen LogP contribution in [0, 0.1) is 5.41 Å². The number of aliphatic hydroxyl groups excluding tert-OH is 1. The molecular formula is C29H27N7O2. The number of H-pyrrole nitrogens is 1. The Kier molecular flexibility index (Phi) is 6.05. The monoisotopic (exact) mass is 505 g/mol. The van der Waals surface area contributed by atoms with Crippen molar-refractivity contribution in [3.05, 3.63) is 84.1 Å². The van der Waals surface area contributed by atoms with Crippen molar-refractivity contribution in [3.8, 4) is 11.1 Å². The fraction of sp³-hybridized carbons (Fsp3) is 0.207. The number of nitrogens with zero attached hydrogens (tertiary/aromatic N) is 3. The number of nitrogens with two attached hydrogens (primary N) is 1. The molecule has 9 nitrogen and oxygen atoms in total. The average molecular weight is 506 g/mol. The van der Waals surface area contributed by atoms with Crippen molar-refractivity contribution < 1.29 is 9.90 Å². The van der Waals surface area contributed by atoms with Gasteiger partial charge in [-0.15, -0.1) is 0 Å². The van der Waals surface area contributed by atoms with Crippen molar-refractivity contribution in [1.82, 2.24) is 25.3 Å². The van der Waals surface area contributed by atoms with Gasteiger partial charge in [0, 0.05) is 46.7 Å². The second-order valence-electron chi connectivity index (χ2n) is 9.71. The van der Waals surface area contributed by atoms with Crippen LogP contribution >= 0.6 is 0 Å². The van der Waals surface area contributed by atoms with Gasteiger partial charge in [-0.3, -0.25) is 15.2 Å². The topological polar surface area (TPSA) is 154 Å². The number of nitrogens with one attached hydrogen (secondary N) is 3. The first-order chi connectivity index (χ1) is 18.5. The van der Waals surface area contributed by atoms with Crippen LogP contribution in [0.15, 0.2) is 67.1 Å². The number of nitrogen functional groups attached to an aromatic ring is 1. The van der Waals surface area contributed by atoms with E-state index in [2.05, 4.69) is 25.3 Å². The molecule has 5 aromatic rings. The van der Waals surface area contributed by atoms with Crippen LogP contribution in [0.25, 0.3) is 32.9 Å². The molecule has 0 spiro atoms. The van der Waals surface area contributed by atoms with Crippen molar-refractivity contribution in [1.29, 1.82) is 5.41 Å². The molecule has 6 N–H and O–H groups in total. The number of carbonyl (C=O) groups is 1. The molecule has 3 heterocycles. The first kappa shape index (κ1) is 23.7. The van der Waals surface area contributed by atoms with Gasteiger partial charge in [-0.2, -0.15) is 0 Å². The first-order valence-electron chi connectivity index (χ1n) is 12.6. The molecule has 1 amide bonds. The van der Waals surface area contributed by atoms with Crippen molar-refractivity contribution in [2.45, 2.75) is 37.8 Å². The summed E-state index contributed by atoms with van der Waals surface area (Å²) in [5.74, 6) is 0.292. The van der Waals surface area contributed by atoms with Crippen LogP contribution in [0.1, 0.15) is 47.4 Å². The number of imidazole rings is 1. The third-order valence-corrected chi connectivity index (χ3v) is 7.19. The number of rotatable bonds is 5. The van der Waals surface area contributed by atoms with Gasteiger partial charge in [0.15, 0.2) is 5.82 Å². The molecule has 0 saturated heterocycles. The van der Waals surface area contributed by atoms with E-state index in [0.29, 0.717) is 40.8 Å².